The molecule has 0 amide bonds. The Morgan fingerprint density at radius 2 is 1.95 bits per heavy atom. The first-order chi connectivity index (χ1) is 9.16. The van der Waals surface area contributed by atoms with Gasteiger partial charge in [-0.2, -0.15) is 0 Å². The smallest absolute Gasteiger partial charge is 0.0473 e. The van der Waals surface area contributed by atoms with E-state index in [0.29, 0.717) is 6.04 Å². The summed E-state index contributed by atoms with van der Waals surface area (Å²) in [6.07, 6.45) is 8.48. The summed E-state index contributed by atoms with van der Waals surface area (Å²) in [7, 11) is 0. The molecule has 2 heterocycles. The van der Waals surface area contributed by atoms with Gasteiger partial charge < -0.3 is 5.73 Å². The lowest BCUT2D eigenvalue weighted by molar-refractivity contribution is 0.00692. The van der Waals surface area contributed by atoms with Crippen LogP contribution in [0.1, 0.15) is 52.4 Å². The van der Waals surface area contributed by atoms with Crippen LogP contribution < -0.4 is 5.73 Å². The van der Waals surface area contributed by atoms with Crippen LogP contribution in [0.5, 0.6) is 0 Å². The average molecular weight is 265 g/mol. The third-order valence-electron chi connectivity index (χ3n) is 6.07. The van der Waals surface area contributed by atoms with Gasteiger partial charge in [0, 0.05) is 37.3 Å². The van der Waals surface area contributed by atoms with E-state index in [1.807, 2.05) is 0 Å². The lowest BCUT2D eigenvalue weighted by Gasteiger charge is -2.49. The molecule has 3 heteroatoms. The maximum atomic E-state index is 6.28. The Balaban J connectivity index is 1.78. The van der Waals surface area contributed by atoms with Crippen molar-refractivity contribution in [3.63, 3.8) is 0 Å². The molecular formula is C16H31N3. The number of hydrogen-bond donors (Lipinski definition) is 1. The van der Waals surface area contributed by atoms with Crippen LogP contribution in [0.25, 0.3) is 0 Å². The van der Waals surface area contributed by atoms with Gasteiger partial charge in [-0.15, -0.1) is 0 Å². The fraction of sp³-hybridized carbons (Fsp3) is 1.00. The van der Waals surface area contributed by atoms with E-state index in [0.717, 1.165) is 18.5 Å². The second-order valence-corrected chi connectivity index (χ2v) is 7.34. The molecule has 19 heavy (non-hydrogen) atoms. The molecule has 0 aromatic carbocycles. The quantitative estimate of drug-likeness (QED) is 0.848. The van der Waals surface area contributed by atoms with Crippen LogP contribution in [0.2, 0.25) is 0 Å². The van der Waals surface area contributed by atoms with Gasteiger partial charge >= 0.3 is 0 Å². The summed E-state index contributed by atoms with van der Waals surface area (Å²) in [5, 5.41) is 0. The van der Waals surface area contributed by atoms with E-state index in [-0.39, 0.29) is 5.54 Å². The maximum Gasteiger partial charge on any atom is 0.0473 e. The van der Waals surface area contributed by atoms with Crippen molar-refractivity contribution in [2.75, 3.05) is 26.2 Å². The Morgan fingerprint density at radius 1 is 1.16 bits per heavy atom. The number of piperidine rings is 1. The minimum atomic E-state index is 0.290. The number of nitrogens with two attached hydrogens (primary N) is 1. The predicted molar refractivity (Wildman–Crippen MR) is 80.2 cm³/mol. The van der Waals surface area contributed by atoms with E-state index in [4.69, 9.17) is 5.73 Å². The second kappa shape index (κ2) is 5.34. The molecule has 3 atom stereocenters. The lowest BCUT2D eigenvalue weighted by atomic mass is 9.85. The molecule has 1 saturated carbocycles. The number of fused-ring (bicyclic) bond motifs is 1. The molecule has 2 saturated heterocycles. The molecule has 3 rings (SSSR count). The normalized spacial score (nSPS) is 41.1. The van der Waals surface area contributed by atoms with Gasteiger partial charge in [-0.3, -0.25) is 9.80 Å². The van der Waals surface area contributed by atoms with Crippen LogP contribution >= 0.6 is 0 Å². The lowest BCUT2D eigenvalue weighted by Crippen LogP contribution is -2.61. The summed E-state index contributed by atoms with van der Waals surface area (Å²) >= 11 is 0. The summed E-state index contributed by atoms with van der Waals surface area (Å²) in [5.74, 6) is 0.977. The Labute approximate surface area is 118 Å². The van der Waals surface area contributed by atoms with Crippen molar-refractivity contribution in [3.8, 4) is 0 Å². The first kappa shape index (κ1) is 13.8. The van der Waals surface area contributed by atoms with Crippen molar-refractivity contribution in [1.29, 1.82) is 0 Å². The van der Waals surface area contributed by atoms with Crippen molar-refractivity contribution < 1.29 is 0 Å². The Kier molecular flexibility index (Phi) is 3.89. The van der Waals surface area contributed by atoms with Crippen LogP contribution in [0.4, 0.5) is 0 Å². The van der Waals surface area contributed by atoms with E-state index < -0.39 is 0 Å². The topological polar surface area (TPSA) is 32.5 Å². The standard InChI is InChI=1S/C16H31N3/c1-13(2)18-10-8-16(11-17,12-18)19-9-4-6-14-5-3-7-15(14)19/h13-15H,3-12,17H2,1-2H3. The predicted octanol–water partition coefficient (Wildman–Crippen LogP) is 2.06. The third-order valence-corrected chi connectivity index (χ3v) is 6.07. The molecule has 0 spiro atoms. The Hall–Kier alpha value is -0.120. The number of nitrogens with zero attached hydrogens (tertiary/aromatic N) is 2. The Bertz CT molecular complexity index is 317. The minimum absolute atomic E-state index is 0.290. The molecule has 1 aliphatic carbocycles. The van der Waals surface area contributed by atoms with E-state index in [9.17, 15) is 0 Å². The largest absolute Gasteiger partial charge is 0.329 e. The first-order valence-electron chi connectivity index (χ1n) is 8.37. The molecule has 0 aromatic heterocycles. The van der Waals surface area contributed by atoms with Gasteiger partial charge in [0.25, 0.3) is 0 Å². The summed E-state index contributed by atoms with van der Waals surface area (Å²) in [6.45, 7) is 9.22. The fourth-order valence-corrected chi connectivity index (χ4v) is 4.89. The van der Waals surface area contributed by atoms with Crippen molar-refractivity contribution >= 4 is 0 Å². The number of hydrogen-bond acceptors (Lipinski definition) is 3. The highest BCUT2D eigenvalue weighted by atomic mass is 15.3. The van der Waals surface area contributed by atoms with Gasteiger partial charge in [0.05, 0.1) is 0 Å². The zero-order valence-electron chi connectivity index (χ0n) is 12.8. The molecule has 3 aliphatic rings. The summed E-state index contributed by atoms with van der Waals surface area (Å²) in [6, 6.07) is 1.52. The Morgan fingerprint density at radius 3 is 2.63 bits per heavy atom. The van der Waals surface area contributed by atoms with E-state index >= 15 is 0 Å². The highest BCUT2D eigenvalue weighted by Crippen LogP contribution is 2.42. The molecule has 0 bridgehead atoms. The number of rotatable bonds is 3. The van der Waals surface area contributed by atoms with Gasteiger partial charge in [0.1, 0.15) is 0 Å². The van der Waals surface area contributed by atoms with Gasteiger partial charge in [0.15, 0.2) is 0 Å². The highest BCUT2D eigenvalue weighted by Gasteiger charge is 2.48. The van der Waals surface area contributed by atoms with Crippen LogP contribution in [0.3, 0.4) is 0 Å². The summed E-state index contributed by atoms with van der Waals surface area (Å²) in [4.78, 5) is 5.49. The molecule has 3 fully saturated rings. The van der Waals surface area contributed by atoms with E-state index in [1.54, 1.807) is 0 Å². The van der Waals surface area contributed by atoms with Crippen molar-refractivity contribution in [3.05, 3.63) is 0 Å². The minimum Gasteiger partial charge on any atom is -0.329 e. The van der Waals surface area contributed by atoms with Crippen molar-refractivity contribution in [1.82, 2.24) is 9.80 Å². The van der Waals surface area contributed by atoms with Crippen LogP contribution in [-0.2, 0) is 0 Å². The molecule has 0 aromatic rings. The van der Waals surface area contributed by atoms with Crippen LogP contribution in [0.15, 0.2) is 0 Å². The fourth-order valence-electron chi connectivity index (χ4n) is 4.89. The van der Waals surface area contributed by atoms with E-state index in [1.165, 1.54) is 58.2 Å². The third kappa shape index (κ3) is 2.34. The van der Waals surface area contributed by atoms with Gasteiger partial charge in [0.2, 0.25) is 0 Å². The van der Waals surface area contributed by atoms with Gasteiger partial charge in [-0.05, 0) is 58.4 Å². The highest BCUT2D eigenvalue weighted by molar-refractivity contribution is 5.05. The summed E-state index contributed by atoms with van der Waals surface area (Å²) < 4.78 is 0. The molecule has 2 aliphatic heterocycles. The average Bonchev–Trinajstić information content (AvgIpc) is 3.05. The zero-order chi connectivity index (χ0) is 13.5. The summed E-state index contributed by atoms with van der Waals surface area (Å²) in [5.41, 5.74) is 6.57. The molecule has 3 nitrogen and oxygen atoms in total. The maximum absolute atomic E-state index is 6.28. The first-order valence-corrected chi connectivity index (χ1v) is 8.37. The zero-order valence-corrected chi connectivity index (χ0v) is 12.8. The molecular weight excluding hydrogens is 234 g/mol. The van der Waals surface area contributed by atoms with E-state index in [2.05, 4.69) is 23.6 Å². The monoisotopic (exact) mass is 265 g/mol. The molecule has 0 radical (unpaired) electrons. The van der Waals surface area contributed by atoms with Crippen molar-refractivity contribution in [2.24, 2.45) is 11.7 Å². The van der Waals surface area contributed by atoms with Gasteiger partial charge in [-0.25, -0.2) is 0 Å². The number of likely N-dealkylation sites (tertiary alicyclic amines) is 2. The molecule has 2 N–H and O–H groups in total. The molecule has 110 valence electrons. The van der Waals surface area contributed by atoms with Crippen LogP contribution in [0, 0.1) is 5.92 Å². The van der Waals surface area contributed by atoms with Gasteiger partial charge in [-0.1, -0.05) is 6.42 Å². The molecule has 3 unspecified atom stereocenters. The van der Waals surface area contributed by atoms with Crippen LogP contribution in [-0.4, -0.2) is 53.6 Å². The SMILES string of the molecule is CC(C)N1CCC(CN)(N2CCCC3CCCC32)C1. The van der Waals surface area contributed by atoms with Crippen molar-refractivity contribution in [2.45, 2.75) is 70.0 Å². The second-order valence-electron chi connectivity index (χ2n) is 7.34.